The lowest BCUT2D eigenvalue weighted by Gasteiger charge is -2.34. The van der Waals surface area contributed by atoms with E-state index in [0.717, 1.165) is 24.3 Å². The maximum atomic E-state index is 10.5. The first-order valence-corrected chi connectivity index (χ1v) is 8.19. The number of aliphatic hydroxyl groups excluding tert-OH is 1. The van der Waals surface area contributed by atoms with Gasteiger partial charge in [-0.2, -0.15) is 0 Å². The van der Waals surface area contributed by atoms with Gasteiger partial charge in [0.25, 0.3) is 0 Å². The number of fused-ring (bicyclic) bond motifs is 1. The quantitative estimate of drug-likeness (QED) is 0.939. The van der Waals surface area contributed by atoms with E-state index >= 15 is 0 Å². The van der Waals surface area contributed by atoms with Gasteiger partial charge in [-0.15, -0.1) is 11.3 Å². The average molecular weight is 303 g/mol. The molecule has 4 heteroatoms. The van der Waals surface area contributed by atoms with Crippen molar-refractivity contribution in [1.29, 1.82) is 0 Å². The molecular weight excluding hydrogens is 282 g/mol. The molecule has 2 atom stereocenters. The van der Waals surface area contributed by atoms with E-state index in [0.29, 0.717) is 12.6 Å². The van der Waals surface area contributed by atoms with Gasteiger partial charge in [0.05, 0.1) is 13.2 Å². The summed E-state index contributed by atoms with van der Waals surface area (Å²) in [7, 11) is 1.65. The maximum absolute atomic E-state index is 10.5. The lowest BCUT2D eigenvalue weighted by molar-refractivity contribution is 0.0876. The maximum Gasteiger partial charge on any atom is 0.119 e. The summed E-state index contributed by atoms with van der Waals surface area (Å²) in [5.74, 6) is 0.791. The Kier molecular flexibility index (Phi) is 4.29. The van der Waals surface area contributed by atoms with Crippen LogP contribution in [0.4, 0.5) is 0 Å². The Morgan fingerprint density at radius 3 is 3.10 bits per heavy atom. The number of β-amino-alcohol motifs (C(OH)–C–C–N with tert-alkyl or cyclic N) is 1. The van der Waals surface area contributed by atoms with Gasteiger partial charge in [0.2, 0.25) is 0 Å². The summed E-state index contributed by atoms with van der Waals surface area (Å²) in [5.41, 5.74) is 2.39. The second-order valence-corrected chi connectivity index (χ2v) is 6.47. The first kappa shape index (κ1) is 14.6. The van der Waals surface area contributed by atoms with Crippen LogP contribution in [0, 0.1) is 0 Å². The van der Waals surface area contributed by atoms with E-state index < -0.39 is 6.10 Å². The number of methoxy groups -OCH3 is 1. The Morgan fingerprint density at radius 1 is 1.43 bits per heavy atom. The first-order chi connectivity index (χ1) is 10.2. The van der Waals surface area contributed by atoms with Gasteiger partial charge >= 0.3 is 0 Å². The zero-order chi connectivity index (χ0) is 14.8. The third kappa shape index (κ3) is 2.98. The summed E-state index contributed by atoms with van der Waals surface area (Å²) in [6.07, 6.45) is 0.595. The van der Waals surface area contributed by atoms with E-state index in [2.05, 4.69) is 23.3 Å². The smallest absolute Gasteiger partial charge is 0.119 e. The molecule has 0 saturated heterocycles. The Morgan fingerprint density at radius 2 is 2.29 bits per heavy atom. The molecule has 112 valence electrons. The molecule has 0 amide bonds. The minimum absolute atomic E-state index is 0.383. The molecule has 3 nitrogen and oxygen atoms in total. The number of benzene rings is 1. The van der Waals surface area contributed by atoms with E-state index in [-0.39, 0.29) is 0 Å². The van der Waals surface area contributed by atoms with Crippen LogP contribution in [0.1, 0.15) is 35.1 Å². The fourth-order valence-corrected chi connectivity index (χ4v) is 4.02. The van der Waals surface area contributed by atoms with Crippen LogP contribution < -0.4 is 4.74 Å². The molecule has 21 heavy (non-hydrogen) atoms. The molecule has 1 aliphatic rings. The molecule has 3 rings (SSSR count). The Balaban J connectivity index is 1.71. The molecule has 0 bridgehead atoms. The number of ether oxygens (including phenoxy) is 1. The van der Waals surface area contributed by atoms with Crippen molar-refractivity contribution in [3.63, 3.8) is 0 Å². The summed E-state index contributed by atoms with van der Waals surface area (Å²) in [5, 5.41) is 12.7. The second-order valence-electron chi connectivity index (χ2n) is 5.52. The second kappa shape index (κ2) is 6.18. The lowest BCUT2D eigenvalue weighted by Crippen LogP contribution is -2.36. The van der Waals surface area contributed by atoms with E-state index in [1.165, 1.54) is 10.4 Å². The summed E-state index contributed by atoms with van der Waals surface area (Å²) in [6, 6.07) is 10.3. The van der Waals surface area contributed by atoms with Gasteiger partial charge in [-0.3, -0.25) is 4.90 Å². The van der Waals surface area contributed by atoms with Crippen molar-refractivity contribution in [3.05, 3.63) is 51.7 Å². The number of rotatable bonds is 4. The van der Waals surface area contributed by atoms with E-state index in [1.54, 1.807) is 7.11 Å². The lowest BCUT2D eigenvalue weighted by atomic mass is 10.0. The SMILES string of the molecule is COc1cccc(C(O)CN2CCc3ccsc3C2C)c1. The van der Waals surface area contributed by atoms with Gasteiger partial charge in [0.15, 0.2) is 0 Å². The highest BCUT2D eigenvalue weighted by molar-refractivity contribution is 7.10. The Hall–Kier alpha value is -1.36. The largest absolute Gasteiger partial charge is 0.497 e. The van der Waals surface area contributed by atoms with Crippen molar-refractivity contribution in [2.45, 2.75) is 25.5 Å². The third-order valence-corrected chi connectivity index (χ3v) is 5.39. The average Bonchev–Trinajstić information content (AvgIpc) is 2.99. The minimum atomic E-state index is -0.482. The molecule has 0 saturated carbocycles. The van der Waals surface area contributed by atoms with E-state index in [4.69, 9.17) is 4.74 Å². The highest BCUT2D eigenvalue weighted by atomic mass is 32.1. The molecule has 1 aromatic carbocycles. The topological polar surface area (TPSA) is 32.7 Å². The van der Waals surface area contributed by atoms with Gasteiger partial charge in [0, 0.05) is 24.0 Å². The van der Waals surface area contributed by atoms with Crippen LogP contribution >= 0.6 is 11.3 Å². The van der Waals surface area contributed by atoms with Crippen molar-refractivity contribution >= 4 is 11.3 Å². The Bertz CT molecular complexity index is 610. The summed E-state index contributed by atoms with van der Waals surface area (Å²) >= 11 is 1.82. The molecule has 0 radical (unpaired) electrons. The molecule has 2 heterocycles. The minimum Gasteiger partial charge on any atom is -0.497 e. The molecule has 0 fully saturated rings. The van der Waals surface area contributed by atoms with Gasteiger partial charge < -0.3 is 9.84 Å². The van der Waals surface area contributed by atoms with E-state index in [9.17, 15) is 5.11 Å². The monoisotopic (exact) mass is 303 g/mol. The van der Waals surface area contributed by atoms with Crippen LogP contribution in [-0.4, -0.2) is 30.2 Å². The number of aliphatic hydroxyl groups is 1. The summed E-state index contributed by atoms with van der Waals surface area (Å²) in [6.45, 7) is 3.89. The number of hydrogen-bond donors (Lipinski definition) is 1. The number of thiophene rings is 1. The van der Waals surface area contributed by atoms with Crippen molar-refractivity contribution in [3.8, 4) is 5.75 Å². The Labute approximate surface area is 129 Å². The molecular formula is C17H21NO2S. The van der Waals surface area contributed by atoms with Gasteiger partial charge in [-0.1, -0.05) is 12.1 Å². The molecule has 1 aromatic heterocycles. The van der Waals surface area contributed by atoms with E-state index in [1.807, 2.05) is 35.6 Å². The molecule has 0 spiro atoms. The fraction of sp³-hybridized carbons (Fsp3) is 0.412. The highest BCUT2D eigenvalue weighted by Crippen LogP contribution is 2.34. The van der Waals surface area contributed by atoms with Crippen molar-refractivity contribution in [2.24, 2.45) is 0 Å². The fourth-order valence-electron chi connectivity index (χ4n) is 2.97. The normalized spacial score (nSPS) is 20.0. The van der Waals surface area contributed by atoms with Gasteiger partial charge in [-0.25, -0.2) is 0 Å². The van der Waals surface area contributed by atoms with Crippen molar-refractivity contribution in [1.82, 2.24) is 4.90 Å². The summed E-state index contributed by atoms with van der Waals surface area (Å²) < 4.78 is 5.23. The standard InChI is InChI=1S/C17H21NO2S/c1-12-17-13(7-9-21-17)6-8-18(12)11-16(19)14-4-3-5-15(10-14)20-2/h3-5,7,9-10,12,16,19H,6,8,11H2,1-2H3. The van der Waals surface area contributed by atoms with Crippen LogP contribution in [0.2, 0.25) is 0 Å². The predicted molar refractivity (Wildman–Crippen MR) is 86.0 cm³/mol. The molecule has 2 unspecified atom stereocenters. The van der Waals surface area contributed by atoms with Crippen LogP contribution in [0.5, 0.6) is 5.75 Å². The number of nitrogens with zero attached hydrogens (tertiary/aromatic N) is 1. The zero-order valence-electron chi connectivity index (χ0n) is 12.5. The van der Waals surface area contributed by atoms with Crippen LogP contribution in [0.3, 0.4) is 0 Å². The summed E-state index contributed by atoms with van der Waals surface area (Å²) in [4.78, 5) is 3.81. The van der Waals surface area contributed by atoms with Crippen LogP contribution in [0.25, 0.3) is 0 Å². The molecule has 2 aromatic rings. The first-order valence-electron chi connectivity index (χ1n) is 7.31. The van der Waals surface area contributed by atoms with Crippen LogP contribution in [0.15, 0.2) is 35.7 Å². The van der Waals surface area contributed by atoms with Gasteiger partial charge in [-0.05, 0) is 48.1 Å². The number of hydrogen-bond acceptors (Lipinski definition) is 4. The highest BCUT2D eigenvalue weighted by Gasteiger charge is 2.26. The zero-order valence-corrected chi connectivity index (χ0v) is 13.3. The van der Waals surface area contributed by atoms with Crippen molar-refractivity contribution < 1.29 is 9.84 Å². The van der Waals surface area contributed by atoms with Crippen molar-refractivity contribution in [2.75, 3.05) is 20.2 Å². The van der Waals surface area contributed by atoms with Crippen LogP contribution in [-0.2, 0) is 6.42 Å². The third-order valence-electron chi connectivity index (χ3n) is 4.26. The molecule has 0 aliphatic carbocycles. The molecule has 1 aliphatic heterocycles. The molecule has 1 N–H and O–H groups in total. The predicted octanol–water partition coefficient (Wildman–Crippen LogP) is 3.41. The van der Waals surface area contributed by atoms with Gasteiger partial charge in [0.1, 0.15) is 5.75 Å².